The Bertz CT molecular complexity index is 259. The van der Waals surface area contributed by atoms with Gasteiger partial charge in [-0.2, -0.15) is 0 Å². The lowest BCUT2D eigenvalue weighted by Gasteiger charge is -2.38. The molecule has 0 aromatic carbocycles. The first-order valence-electron chi connectivity index (χ1n) is 4.89. The van der Waals surface area contributed by atoms with E-state index in [0.29, 0.717) is 0 Å². The molecule has 3 atom stereocenters. The Morgan fingerprint density at radius 1 is 1.38 bits per heavy atom. The summed E-state index contributed by atoms with van der Waals surface area (Å²) in [5.41, 5.74) is -0.365. The molecular weight excluding hydrogens is 164 g/mol. The van der Waals surface area contributed by atoms with E-state index < -0.39 is 0 Å². The second-order valence-corrected chi connectivity index (χ2v) is 5.22. The fourth-order valence-corrected chi connectivity index (χ4v) is 3.17. The third-order valence-electron chi connectivity index (χ3n) is 3.79. The summed E-state index contributed by atoms with van der Waals surface area (Å²) in [4.78, 5) is 0. The van der Waals surface area contributed by atoms with Crippen LogP contribution in [0, 0.1) is 5.41 Å². The van der Waals surface area contributed by atoms with Gasteiger partial charge in [0.15, 0.2) is 0 Å². The number of hydrogen-bond donors (Lipinski definition) is 1. The van der Waals surface area contributed by atoms with Crippen LogP contribution in [0.4, 0.5) is 0 Å². The Hall–Kier alpha value is -0.340. The number of ether oxygens (including phenoxy) is 1. The van der Waals surface area contributed by atoms with Crippen molar-refractivity contribution < 1.29 is 9.84 Å². The average molecular weight is 182 g/mol. The van der Waals surface area contributed by atoms with Crippen molar-refractivity contribution in [3.8, 4) is 0 Å². The standard InChI is InChI=1S/C11H18O2/c1-5-11-9(2,3)6-8(12)7-10(11,4)13-11/h5,8,12H,1,6-7H2,2-4H3/t8-,10+,11-/m0/s1. The first-order chi connectivity index (χ1) is 5.87. The molecule has 1 saturated carbocycles. The van der Waals surface area contributed by atoms with E-state index in [1.807, 2.05) is 6.08 Å². The van der Waals surface area contributed by atoms with Crippen LogP contribution < -0.4 is 0 Å². The lowest BCUT2D eigenvalue weighted by atomic mass is 9.63. The van der Waals surface area contributed by atoms with E-state index in [4.69, 9.17) is 4.74 Å². The van der Waals surface area contributed by atoms with Gasteiger partial charge in [-0.25, -0.2) is 0 Å². The van der Waals surface area contributed by atoms with Gasteiger partial charge in [0.25, 0.3) is 0 Å². The van der Waals surface area contributed by atoms with E-state index in [1.165, 1.54) is 0 Å². The molecule has 0 aromatic rings. The van der Waals surface area contributed by atoms with Gasteiger partial charge in [0.1, 0.15) is 11.2 Å². The minimum absolute atomic E-state index is 0.00116. The molecule has 13 heavy (non-hydrogen) atoms. The van der Waals surface area contributed by atoms with Gasteiger partial charge in [0.2, 0.25) is 0 Å². The molecule has 0 radical (unpaired) electrons. The molecule has 1 heterocycles. The quantitative estimate of drug-likeness (QED) is 0.496. The van der Waals surface area contributed by atoms with E-state index in [9.17, 15) is 5.11 Å². The second kappa shape index (κ2) is 2.18. The lowest BCUT2D eigenvalue weighted by Crippen LogP contribution is -2.45. The molecule has 74 valence electrons. The van der Waals surface area contributed by atoms with Crippen LogP contribution in [-0.2, 0) is 4.74 Å². The average Bonchev–Trinajstić information content (AvgIpc) is 2.55. The smallest absolute Gasteiger partial charge is 0.121 e. The molecule has 2 aliphatic rings. The first-order valence-corrected chi connectivity index (χ1v) is 4.89. The van der Waals surface area contributed by atoms with Crippen LogP contribution in [0.5, 0.6) is 0 Å². The van der Waals surface area contributed by atoms with Crippen molar-refractivity contribution in [1.82, 2.24) is 0 Å². The van der Waals surface area contributed by atoms with Gasteiger partial charge < -0.3 is 9.84 Å². The minimum Gasteiger partial charge on any atom is -0.393 e. The second-order valence-electron chi connectivity index (χ2n) is 5.22. The van der Waals surface area contributed by atoms with Crippen LogP contribution in [0.2, 0.25) is 0 Å². The molecule has 0 bridgehead atoms. The SMILES string of the molecule is C=C[C@@]12O[C@]1(C)C[C@@H](O)CC2(C)C. The normalized spacial score (nSPS) is 52.5. The number of epoxide rings is 1. The third kappa shape index (κ3) is 0.906. The van der Waals surface area contributed by atoms with Gasteiger partial charge >= 0.3 is 0 Å². The summed E-state index contributed by atoms with van der Waals surface area (Å²) in [6.45, 7) is 10.2. The maximum absolute atomic E-state index is 9.70. The molecule has 2 rings (SSSR count). The zero-order valence-electron chi connectivity index (χ0n) is 8.63. The lowest BCUT2D eigenvalue weighted by molar-refractivity contribution is 0.0516. The summed E-state index contributed by atoms with van der Waals surface area (Å²) in [5, 5.41) is 9.70. The summed E-state index contributed by atoms with van der Waals surface area (Å²) >= 11 is 0. The van der Waals surface area contributed by atoms with E-state index in [1.54, 1.807) is 0 Å². The molecule has 0 spiro atoms. The van der Waals surface area contributed by atoms with Crippen LogP contribution in [0.15, 0.2) is 12.7 Å². The molecule has 0 unspecified atom stereocenters. The summed E-state index contributed by atoms with van der Waals surface area (Å²) in [7, 11) is 0. The molecular formula is C11H18O2. The molecule has 1 aliphatic carbocycles. The molecule has 0 amide bonds. The molecule has 1 aliphatic heterocycles. The maximum Gasteiger partial charge on any atom is 0.121 e. The Labute approximate surface area is 79.6 Å². The fraction of sp³-hybridized carbons (Fsp3) is 0.818. The molecule has 2 fully saturated rings. The maximum atomic E-state index is 9.70. The molecule has 0 aromatic heterocycles. The van der Waals surface area contributed by atoms with Crippen LogP contribution in [0.25, 0.3) is 0 Å². The van der Waals surface area contributed by atoms with Crippen molar-refractivity contribution in [2.45, 2.75) is 50.9 Å². The van der Waals surface area contributed by atoms with Gasteiger partial charge in [-0.05, 0) is 13.3 Å². The summed E-state index contributed by atoms with van der Waals surface area (Å²) in [5.74, 6) is 0. The number of aliphatic hydroxyl groups excluding tert-OH is 1. The van der Waals surface area contributed by atoms with Gasteiger partial charge in [0, 0.05) is 11.8 Å². The van der Waals surface area contributed by atoms with E-state index in [2.05, 4.69) is 27.4 Å². The van der Waals surface area contributed by atoms with Crippen molar-refractivity contribution in [3.05, 3.63) is 12.7 Å². The largest absolute Gasteiger partial charge is 0.393 e. The Kier molecular flexibility index (Phi) is 1.55. The van der Waals surface area contributed by atoms with Gasteiger partial charge in [0.05, 0.1) is 6.10 Å². The predicted molar refractivity (Wildman–Crippen MR) is 51.4 cm³/mol. The van der Waals surface area contributed by atoms with Crippen molar-refractivity contribution in [3.63, 3.8) is 0 Å². The Morgan fingerprint density at radius 2 is 2.00 bits per heavy atom. The zero-order chi connectivity index (χ0) is 9.91. The summed E-state index contributed by atoms with van der Waals surface area (Å²) in [6.07, 6.45) is 3.23. The highest BCUT2D eigenvalue weighted by Crippen LogP contribution is 2.65. The van der Waals surface area contributed by atoms with Gasteiger partial charge in [-0.1, -0.05) is 19.9 Å². The highest BCUT2D eigenvalue weighted by molar-refractivity contribution is 5.30. The third-order valence-corrected chi connectivity index (χ3v) is 3.79. The van der Waals surface area contributed by atoms with Crippen LogP contribution >= 0.6 is 0 Å². The fourth-order valence-electron chi connectivity index (χ4n) is 3.17. The molecule has 1 saturated heterocycles. The van der Waals surface area contributed by atoms with Gasteiger partial charge in [-0.3, -0.25) is 0 Å². The molecule has 2 nitrogen and oxygen atoms in total. The first kappa shape index (κ1) is 9.22. The number of fused-ring (bicyclic) bond motifs is 1. The number of aliphatic hydroxyl groups is 1. The Morgan fingerprint density at radius 3 is 2.46 bits per heavy atom. The highest BCUT2D eigenvalue weighted by Gasteiger charge is 2.74. The van der Waals surface area contributed by atoms with Crippen LogP contribution in [0.1, 0.15) is 33.6 Å². The zero-order valence-corrected chi connectivity index (χ0v) is 8.63. The van der Waals surface area contributed by atoms with Crippen molar-refractivity contribution in [2.75, 3.05) is 0 Å². The molecule has 1 N–H and O–H groups in total. The van der Waals surface area contributed by atoms with E-state index >= 15 is 0 Å². The van der Waals surface area contributed by atoms with Gasteiger partial charge in [-0.15, -0.1) is 6.58 Å². The Balaban J connectivity index is 2.36. The predicted octanol–water partition coefficient (Wildman–Crippen LogP) is 1.88. The van der Waals surface area contributed by atoms with Crippen molar-refractivity contribution in [2.24, 2.45) is 5.41 Å². The monoisotopic (exact) mass is 182 g/mol. The van der Waals surface area contributed by atoms with E-state index in [0.717, 1.165) is 12.8 Å². The van der Waals surface area contributed by atoms with Crippen molar-refractivity contribution >= 4 is 0 Å². The van der Waals surface area contributed by atoms with Crippen LogP contribution in [-0.4, -0.2) is 22.4 Å². The topological polar surface area (TPSA) is 32.8 Å². The van der Waals surface area contributed by atoms with E-state index in [-0.39, 0.29) is 22.7 Å². The number of hydrogen-bond acceptors (Lipinski definition) is 2. The van der Waals surface area contributed by atoms with Crippen LogP contribution in [0.3, 0.4) is 0 Å². The summed E-state index contributed by atoms with van der Waals surface area (Å²) in [6, 6.07) is 0. The number of rotatable bonds is 1. The highest BCUT2D eigenvalue weighted by atomic mass is 16.6. The molecule has 2 heteroatoms. The summed E-state index contributed by atoms with van der Waals surface area (Å²) < 4.78 is 5.81. The minimum atomic E-state index is -0.226. The van der Waals surface area contributed by atoms with Crippen molar-refractivity contribution in [1.29, 1.82) is 0 Å².